The third kappa shape index (κ3) is 6.54. The van der Waals surface area contributed by atoms with Crippen LogP contribution < -0.4 is 15.1 Å². The fourth-order valence-corrected chi connectivity index (χ4v) is 3.66. The van der Waals surface area contributed by atoms with Gasteiger partial charge in [-0.2, -0.15) is 13.2 Å². The number of alkyl halides is 3. The Balaban J connectivity index is 1.80. The molecule has 0 aliphatic heterocycles. The summed E-state index contributed by atoms with van der Waals surface area (Å²) in [5.74, 6) is -0.782. The number of carboxylic acid groups (broad SMARTS) is 1. The Labute approximate surface area is 212 Å². The number of aromatic nitrogens is 2. The van der Waals surface area contributed by atoms with E-state index in [1.807, 2.05) is 0 Å². The summed E-state index contributed by atoms with van der Waals surface area (Å²) in [7, 11) is 7.16. The topological polar surface area (TPSA) is 98.7 Å². The van der Waals surface area contributed by atoms with Crippen molar-refractivity contribution >= 4 is 29.2 Å². The van der Waals surface area contributed by atoms with Crippen molar-refractivity contribution in [3.8, 4) is 0 Å². The van der Waals surface area contributed by atoms with E-state index in [2.05, 4.69) is 15.3 Å². The average Bonchev–Trinajstić information content (AvgIpc) is 2.83. The van der Waals surface area contributed by atoms with Crippen LogP contribution in [-0.4, -0.2) is 55.1 Å². The smallest absolute Gasteiger partial charge is 0.416 e. The summed E-state index contributed by atoms with van der Waals surface area (Å²) in [6.07, 6.45) is -4.11. The number of halogens is 3. The number of amides is 1. The fraction of sp³-hybridized carbons (Fsp3) is 0.308. The van der Waals surface area contributed by atoms with Gasteiger partial charge in [0.15, 0.2) is 0 Å². The summed E-state index contributed by atoms with van der Waals surface area (Å²) in [6.45, 7) is 1.60. The quantitative estimate of drug-likeness (QED) is 0.449. The number of nitrogens with zero attached hydrogens (tertiary/aromatic N) is 4. The van der Waals surface area contributed by atoms with Crippen LogP contribution in [0, 0.1) is 0 Å². The largest absolute Gasteiger partial charge is 0.481 e. The molecule has 3 aromatic rings. The normalized spacial score (nSPS) is 12.1. The third-order valence-electron chi connectivity index (χ3n) is 5.65. The van der Waals surface area contributed by atoms with E-state index in [1.165, 1.54) is 0 Å². The first kappa shape index (κ1) is 27.4. The van der Waals surface area contributed by atoms with Crippen molar-refractivity contribution in [2.75, 3.05) is 43.3 Å². The Morgan fingerprint density at radius 1 is 0.919 bits per heavy atom. The standard InChI is InChI=1S/C26H28F3N5O3/c1-15(25(36)37)21-22(33(2)3)31-20(32-23(21)34(4)5)14-16-6-12-19(13-7-16)30-24(35)17-8-10-18(11-9-17)26(27,28)29/h6-13,15H,14H2,1-5H3,(H,30,35)(H,36,37)/i6+1. The maximum Gasteiger partial charge on any atom is 0.416 e. The summed E-state index contributed by atoms with van der Waals surface area (Å²) < 4.78 is 38.2. The lowest BCUT2D eigenvalue weighted by molar-refractivity contribution is -0.138. The summed E-state index contributed by atoms with van der Waals surface area (Å²) in [5, 5.41) is 12.3. The zero-order valence-electron chi connectivity index (χ0n) is 21.1. The molecule has 1 atom stereocenters. The van der Waals surface area contributed by atoms with Crippen LogP contribution >= 0.6 is 0 Å². The molecule has 0 radical (unpaired) electrons. The van der Waals surface area contributed by atoms with Crippen LogP contribution in [0.3, 0.4) is 0 Å². The van der Waals surface area contributed by atoms with Crippen LogP contribution in [0.2, 0.25) is 0 Å². The second kappa shape index (κ2) is 10.9. The van der Waals surface area contributed by atoms with Gasteiger partial charge >= 0.3 is 12.1 Å². The van der Waals surface area contributed by atoms with Gasteiger partial charge in [0.05, 0.1) is 17.0 Å². The second-order valence-corrected chi connectivity index (χ2v) is 8.95. The Morgan fingerprint density at radius 3 is 1.86 bits per heavy atom. The first-order chi connectivity index (χ1) is 17.3. The maximum absolute atomic E-state index is 12.7. The number of hydrogen-bond donors (Lipinski definition) is 2. The third-order valence-corrected chi connectivity index (χ3v) is 5.65. The Morgan fingerprint density at radius 2 is 1.43 bits per heavy atom. The van der Waals surface area contributed by atoms with Crippen molar-refractivity contribution in [3.05, 3.63) is 76.6 Å². The van der Waals surface area contributed by atoms with Gasteiger partial charge in [0.1, 0.15) is 17.5 Å². The van der Waals surface area contributed by atoms with E-state index in [9.17, 15) is 27.9 Å². The molecule has 8 nitrogen and oxygen atoms in total. The maximum atomic E-state index is 12.7. The van der Waals surface area contributed by atoms with E-state index in [0.29, 0.717) is 35.1 Å². The molecule has 0 spiro atoms. The Bertz CT molecular complexity index is 1250. The van der Waals surface area contributed by atoms with Gasteiger partial charge in [-0.15, -0.1) is 0 Å². The van der Waals surface area contributed by atoms with Gasteiger partial charge in [-0.1, -0.05) is 12.1 Å². The minimum Gasteiger partial charge on any atom is -0.481 e. The molecule has 3 rings (SSSR count). The van der Waals surface area contributed by atoms with Crippen molar-refractivity contribution in [3.63, 3.8) is 0 Å². The molecule has 0 saturated heterocycles. The SMILES string of the molecule is CC(C(=O)O)c1c(N(C)C)nc(Cc2ccc(NC(=O)c3ccc(C(F)(F)F)cc3)c[13cH]2)nc1N(C)C. The molecule has 0 aliphatic rings. The van der Waals surface area contributed by atoms with E-state index in [-0.39, 0.29) is 5.56 Å². The molecule has 1 amide bonds. The lowest BCUT2D eigenvalue weighted by atomic mass is 10.0. The van der Waals surface area contributed by atoms with Gasteiger partial charge < -0.3 is 20.2 Å². The molecular formula is C26H28F3N5O3. The molecule has 0 aliphatic carbocycles. The van der Waals surface area contributed by atoms with E-state index >= 15 is 0 Å². The zero-order chi connectivity index (χ0) is 27.5. The number of benzene rings is 2. The average molecular weight is 517 g/mol. The molecule has 0 bridgehead atoms. The molecular weight excluding hydrogens is 488 g/mol. The molecule has 2 N–H and O–H groups in total. The minimum atomic E-state index is -4.47. The van der Waals surface area contributed by atoms with Crippen LogP contribution in [-0.2, 0) is 17.4 Å². The number of hydrogen-bond acceptors (Lipinski definition) is 6. The molecule has 37 heavy (non-hydrogen) atoms. The monoisotopic (exact) mass is 516 g/mol. The van der Waals surface area contributed by atoms with Gasteiger partial charge in [-0.05, 0) is 48.9 Å². The summed E-state index contributed by atoms with van der Waals surface area (Å²) in [5.41, 5.74) is 1.13. The summed E-state index contributed by atoms with van der Waals surface area (Å²) in [6, 6.07) is 10.9. The predicted molar refractivity (Wildman–Crippen MR) is 135 cm³/mol. The lowest BCUT2D eigenvalue weighted by Gasteiger charge is -2.25. The minimum absolute atomic E-state index is 0.105. The molecule has 1 unspecified atom stereocenters. The lowest BCUT2D eigenvalue weighted by Crippen LogP contribution is -2.24. The molecule has 0 saturated carbocycles. The zero-order valence-corrected chi connectivity index (χ0v) is 21.1. The number of carbonyl (C=O) groups is 2. The number of nitrogens with one attached hydrogen (secondary N) is 1. The highest BCUT2D eigenvalue weighted by molar-refractivity contribution is 6.04. The molecule has 2 aromatic carbocycles. The van der Waals surface area contributed by atoms with Gasteiger partial charge in [-0.3, -0.25) is 9.59 Å². The van der Waals surface area contributed by atoms with Gasteiger partial charge in [0, 0.05) is 45.9 Å². The van der Waals surface area contributed by atoms with Crippen LogP contribution in [0.25, 0.3) is 0 Å². The first-order valence-corrected chi connectivity index (χ1v) is 11.3. The van der Waals surface area contributed by atoms with E-state index < -0.39 is 29.5 Å². The van der Waals surface area contributed by atoms with Crippen molar-refractivity contribution < 1.29 is 27.9 Å². The highest BCUT2D eigenvalue weighted by atomic mass is 19.4. The molecule has 11 heteroatoms. The van der Waals surface area contributed by atoms with Crippen LogP contribution in [0.1, 0.15) is 45.7 Å². The van der Waals surface area contributed by atoms with Crippen LogP contribution in [0.15, 0.2) is 48.5 Å². The Hall–Kier alpha value is -4.15. The van der Waals surface area contributed by atoms with Gasteiger partial charge in [0.2, 0.25) is 0 Å². The van der Waals surface area contributed by atoms with Crippen LogP contribution in [0.4, 0.5) is 30.5 Å². The van der Waals surface area contributed by atoms with E-state index in [1.54, 1.807) is 69.2 Å². The molecule has 1 aromatic heterocycles. The van der Waals surface area contributed by atoms with Crippen molar-refractivity contribution in [1.29, 1.82) is 0 Å². The summed E-state index contributed by atoms with van der Waals surface area (Å²) >= 11 is 0. The number of rotatable bonds is 8. The highest BCUT2D eigenvalue weighted by Crippen LogP contribution is 2.33. The van der Waals surface area contributed by atoms with E-state index in [4.69, 9.17) is 0 Å². The fourth-order valence-electron chi connectivity index (χ4n) is 3.66. The number of aliphatic carboxylic acids is 1. The van der Waals surface area contributed by atoms with Gasteiger partial charge in [0.25, 0.3) is 5.91 Å². The molecule has 0 fully saturated rings. The van der Waals surface area contributed by atoms with Gasteiger partial charge in [-0.25, -0.2) is 9.97 Å². The van der Waals surface area contributed by atoms with E-state index in [0.717, 1.165) is 29.8 Å². The molecule has 1 heterocycles. The summed E-state index contributed by atoms with van der Waals surface area (Å²) in [4.78, 5) is 36.9. The van der Waals surface area contributed by atoms with Crippen molar-refractivity contribution in [2.24, 2.45) is 0 Å². The first-order valence-electron chi connectivity index (χ1n) is 11.3. The van der Waals surface area contributed by atoms with Crippen LogP contribution in [0.5, 0.6) is 0 Å². The van der Waals surface area contributed by atoms with Crippen molar-refractivity contribution in [1.82, 2.24) is 9.97 Å². The highest BCUT2D eigenvalue weighted by Gasteiger charge is 2.30. The van der Waals surface area contributed by atoms with Crippen molar-refractivity contribution in [2.45, 2.75) is 25.4 Å². The predicted octanol–water partition coefficient (Wildman–Crippen LogP) is 4.66. The number of anilines is 3. The second-order valence-electron chi connectivity index (χ2n) is 8.95. The molecule has 196 valence electrons. The number of carbonyl (C=O) groups excluding carboxylic acids is 1. The number of carboxylic acids is 1. The Kier molecular flexibility index (Phi) is 8.05.